The van der Waals surface area contributed by atoms with Crippen LogP contribution in [0.2, 0.25) is 5.02 Å². The van der Waals surface area contributed by atoms with E-state index >= 15 is 0 Å². The number of nitrogens with one attached hydrogen (secondary N) is 1. The molecule has 0 bridgehead atoms. The molecule has 130 valence electrons. The van der Waals surface area contributed by atoms with Gasteiger partial charge >= 0.3 is 0 Å². The normalized spacial score (nSPS) is 15.6. The first kappa shape index (κ1) is 16.6. The number of amides is 1. The molecule has 1 aliphatic heterocycles. The number of hydrogen-bond donors (Lipinski definition) is 1. The van der Waals surface area contributed by atoms with Crippen LogP contribution in [0.5, 0.6) is 0 Å². The first-order valence-corrected chi connectivity index (χ1v) is 8.90. The number of nitrogens with zero attached hydrogens (tertiary/aromatic N) is 2. The number of rotatable bonds is 3. The summed E-state index contributed by atoms with van der Waals surface area (Å²) < 4.78 is 0. The Morgan fingerprint density at radius 3 is 2.73 bits per heavy atom. The van der Waals surface area contributed by atoms with Crippen LogP contribution in [0.1, 0.15) is 22.8 Å². The summed E-state index contributed by atoms with van der Waals surface area (Å²) in [6, 6.07) is 19.2. The Morgan fingerprint density at radius 1 is 1.15 bits per heavy atom. The first-order chi connectivity index (χ1) is 12.6. The smallest absolute Gasteiger partial charge is 0.255 e. The molecule has 1 aliphatic rings. The van der Waals surface area contributed by atoms with E-state index in [1.54, 1.807) is 36.5 Å². The summed E-state index contributed by atoms with van der Waals surface area (Å²) in [7, 11) is 0. The molecule has 2 heterocycles. The van der Waals surface area contributed by atoms with Crippen LogP contribution in [-0.2, 0) is 6.42 Å². The van der Waals surface area contributed by atoms with Crippen molar-refractivity contribution in [3.63, 3.8) is 0 Å². The molecule has 26 heavy (non-hydrogen) atoms. The molecule has 0 saturated heterocycles. The Balaban J connectivity index is 1.61. The Morgan fingerprint density at radius 2 is 1.92 bits per heavy atom. The number of anilines is 3. The Labute approximate surface area is 157 Å². The second-order valence-electron chi connectivity index (χ2n) is 6.42. The standard InChI is InChI=1S/C21H18ClN3O/c1-14-12-15-4-2-3-5-19(15)25(14)20-13-16(10-11-23-20)21(26)24-18-8-6-17(22)7-9-18/h2-11,13-14H,12H2,1H3,(H,24,26). The fraction of sp³-hybridized carbons (Fsp3) is 0.143. The van der Waals surface area contributed by atoms with Crippen LogP contribution in [0.3, 0.4) is 0 Å². The largest absolute Gasteiger partial charge is 0.323 e. The van der Waals surface area contributed by atoms with Crippen LogP contribution >= 0.6 is 11.6 Å². The summed E-state index contributed by atoms with van der Waals surface area (Å²) >= 11 is 5.89. The average Bonchev–Trinajstić information content (AvgIpc) is 2.99. The van der Waals surface area contributed by atoms with Crippen LogP contribution in [0.25, 0.3) is 0 Å². The minimum atomic E-state index is -0.170. The lowest BCUT2D eigenvalue weighted by Gasteiger charge is -2.24. The van der Waals surface area contributed by atoms with E-state index in [2.05, 4.69) is 40.3 Å². The van der Waals surface area contributed by atoms with Crippen molar-refractivity contribution in [3.05, 3.63) is 83.0 Å². The number of carbonyl (C=O) groups excluding carboxylic acids is 1. The molecular formula is C21H18ClN3O. The van der Waals surface area contributed by atoms with Crippen LogP contribution < -0.4 is 10.2 Å². The van der Waals surface area contributed by atoms with E-state index in [1.807, 2.05) is 12.1 Å². The fourth-order valence-electron chi connectivity index (χ4n) is 3.34. The van der Waals surface area contributed by atoms with Crippen LogP contribution in [0, 0.1) is 0 Å². The number of hydrogen-bond acceptors (Lipinski definition) is 3. The highest BCUT2D eigenvalue weighted by Gasteiger charge is 2.28. The first-order valence-electron chi connectivity index (χ1n) is 8.52. The predicted octanol–water partition coefficient (Wildman–Crippen LogP) is 5.07. The van der Waals surface area contributed by atoms with Crippen molar-refractivity contribution in [3.8, 4) is 0 Å². The molecule has 5 heteroatoms. The van der Waals surface area contributed by atoms with Crippen molar-refractivity contribution in [1.29, 1.82) is 0 Å². The van der Waals surface area contributed by atoms with Crippen molar-refractivity contribution in [2.75, 3.05) is 10.2 Å². The van der Waals surface area contributed by atoms with E-state index in [-0.39, 0.29) is 5.91 Å². The zero-order valence-corrected chi connectivity index (χ0v) is 15.1. The van der Waals surface area contributed by atoms with Gasteiger partial charge in [0.2, 0.25) is 0 Å². The third kappa shape index (κ3) is 3.16. The molecule has 1 aromatic heterocycles. The van der Waals surface area contributed by atoms with E-state index in [1.165, 1.54) is 5.56 Å². The number of benzene rings is 2. The molecule has 1 amide bonds. The molecule has 1 unspecified atom stereocenters. The van der Waals surface area contributed by atoms with Gasteiger partial charge in [0.15, 0.2) is 0 Å². The number of para-hydroxylation sites is 1. The lowest BCUT2D eigenvalue weighted by molar-refractivity contribution is 0.102. The number of fused-ring (bicyclic) bond motifs is 1. The quantitative estimate of drug-likeness (QED) is 0.706. The zero-order chi connectivity index (χ0) is 18.1. The van der Waals surface area contributed by atoms with Crippen molar-refractivity contribution in [1.82, 2.24) is 4.98 Å². The Kier molecular flexibility index (Phi) is 4.35. The second kappa shape index (κ2) is 6.81. The van der Waals surface area contributed by atoms with E-state index in [9.17, 15) is 4.79 Å². The number of carbonyl (C=O) groups is 1. The highest BCUT2D eigenvalue weighted by Crippen LogP contribution is 2.37. The van der Waals surface area contributed by atoms with Gasteiger partial charge in [0.05, 0.1) is 0 Å². The molecule has 3 aromatic rings. The van der Waals surface area contributed by atoms with Gasteiger partial charge in [-0.2, -0.15) is 0 Å². The molecule has 0 aliphatic carbocycles. The van der Waals surface area contributed by atoms with Crippen LogP contribution in [0.4, 0.5) is 17.2 Å². The van der Waals surface area contributed by atoms with Crippen molar-refractivity contribution >= 4 is 34.7 Å². The van der Waals surface area contributed by atoms with Gasteiger partial charge in [0.25, 0.3) is 5.91 Å². The Hall–Kier alpha value is -2.85. The summed E-state index contributed by atoms with van der Waals surface area (Å²) in [6.07, 6.45) is 2.65. The SMILES string of the molecule is CC1Cc2ccccc2N1c1cc(C(=O)Nc2ccc(Cl)cc2)ccn1. The van der Waals surface area contributed by atoms with E-state index < -0.39 is 0 Å². The number of pyridine rings is 1. The van der Waals surface area contributed by atoms with Crippen molar-refractivity contribution < 1.29 is 4.79 Å². The van der Waals surface area contributed by atoms with Gasteiger partial charge in [-0.25, -0.2) is 4.98 Å². The van der Waals surface area contributed by atoms with E-state index in [4.69, 9.17) is 11.6 Å². The Bertz CT molecular complexity index is 955. The molecule has 0 saturated carbocycles. The molecule has 0 radical (unpaired) electrons. The summed E-state index contributed by atoms with van der Waals surface area (Å²) in [5.74, 6) is 0.613. The van der Waals surface area contributed by atoms with Gasteiger partial charge in [0, 0.05) is 34.2 Å². The van der Waals surface area contributed by atoms with Gasteiger partial charge in [-0.05, 0) is 61.4 Å². The third-order valence-electron chi connectivity index (χ3n) is 4.56. The van der Waals surface area contributed by atoms with Gasteiger partial charge < -0.3 is 10.2 Å². The summed E-state index contributed by atoms with van der Waals surface area (Å²) in [6.45, 7) is 2.17. The molecule has 1 atom stereocenters. The summed E-state index contributed by atoms with van der Waals surface area (Å²) in [5.41, 5.74) is 3.74. The van der Waals surface area contributed by atoms with E-state index in [0.717, 1.165) is 17.9 Å². The molecule has 4 nitrogen and oxygen atoms in total. The van der Waals surface area contributed by atoms with Crippen molar-refractivity contribution in [2.24, 2.45) is 0 Å². The second-order valence-corrected chi connectivity index (χ2v) is 6.85. The maximum absolute atomic E-state index is 12.6. The van der Waals surface area contributed by atoms with Gasteiger partial charge in [-0.15, -0.1) is 0 Å². The minimum Gasteiger partial charge on any atom is -0.323 e. The van der Waals surface area contributed by atoms with Gasteiger partial charge in [0.1, 0.15) is 5.82 Å². The average molecular weight is 364 g/mol. The minimum absolute atomic E-state index is 0.170. The lowest BCUT2D eigenvalue weighted by Crippen LogP contribution is -2.25. The van der Waals surface area contributed by atoms with Gasteiger partial charge in [-0.1, -0.05) is 29.8 Å². The number of aromatic nitrogens is 1. The maximum Gasteiger partial charge on any atom is 0.255 e. The topological polar surface area (TPSA) is 45.2 Å². The summed E-state index contributed by atoms with van der Waals surface area (Å²) in [5, 5.41) is 3.52. The highest BCUT2D eigenvalue weighted by molar-refractivity contribution is 6.30. The van der Waals surface area contributed by atoms with Crippen LogP contribution in [-0.4, -0.2) is 16.9 Å². The number of halogens is 1. The van der Waals surface area contributed by atoms with Crippen molar-refractivity contribution in [2.45, 2.75) is 19.4 Å². The van der Waals surface area contributed by atoms with Gasteiger partial charge in [-0.3, -0.25) is 4.79 Å². The zero-order valence-electron chi connectivity index (χ0n) is 14.3. The lowest BCUT2D eigenvalue weighted by atomic mass is 10.1. The van der Waals surface area contributed by atoms with Crippen LogP contribution in [0.15, 0.2) is 66.9 Å². The molecule has 0 spiro atoms. The third-order valence-corrected chi connectivity index (χ3v) is 4.82. The highest BCUT2D eigenvalue weighted by atomic mass is 35.5. The molecule has 4 rings (SSSR count). The molecule has 1 N–H and O–H groups in total. The molecular weight excluding hydrogens is 346 g/mol. The monoisotopic (exact) mass is 363 g/mol. The molecule has 0 fully saturated rings. The van der Waals surface area contributed by atoms with E-state index in [0.29, 0.717) is 22.3 Å². The predicted molar refractivity (Wildman–Crippen MR) is 105 cm³/mol. The summed E-state index contributed by atoms with van der Waals surface area (Å²) in [4.78, 5) is 19.3. The fourth-order valence-corrected chi connectivity index (χ4v) is 3.47. The molecule has 2 aromatic carbocycles. The maximum atomic E-state index is 12.6.